The molecule has 1 aliphatic heterocycles. The van der Waals surface area contributed by atoms with E-state index in [9.17, 15) is 4.79 Å². The number of carbonyl (C=O) groups is 1. The number of morpholine rings is 1. The maximum atomic E-state index is 12.0. The van der Waals surface area contributed by atoms with Crippen molar-refractivity contribution in [2.24, 2.45) is 0 Å². The van der Waals surface area contributed by atoms with Gasteiger partial charge in [0.15, 0.2) is 6.61 Å². The van der Waals surface area contributed by atoms with Crippen molar-refractivity contribution in [2.45, 2.75) is 26.4 Å². The first-order valence-electron chi connectivity index (χ1n) is 9.59. The topological polar surface area (TPSA) is 50.8 Å². The molecule has 0 spiro atoms. The Morgan fingerprint density at radius 3 is 2.30 bits per heavy atom. The summed E-state index contributed by atoms with van der Waals surface area (Å²) < 4.78 is 10.9. The zero-order valence-electron chi connectivity index (χ0n) is 15.9. The highest BCUT2D eigenvalue weighted by Crippen LogP contribution is 2.12. The summed E-state index contributed by atoms with van der Waals surface area (Å²) in [5, 5.41) is 2.90. The zero-order chi connectivity index (χ0) is 18.9. The summed E-state index contributed by atoms with van der Waals surface area (Å²) in [6.07, 6.45) is 0.992. The van der Waals surface area contributed by atoms with E-state index in [1.54, 1.807) is 0 Å². The molecule has 2 aromatic carbocycles. The van der Waals surface area contributed by atoms with Crippen LogP contribution in [0.3, 0.4) is 0 Å². The highest BCUT2D eigenvalue weighted by Gasteiger charge is 2.10. The fourth-order valence-electron chi connectivity index (χ4n) is 3.00. The van der Waals surface area contributed by atoms with Crippen molar-refractivity contribution in [2.75, 3.05) is 32.9 Å². The van der Waals surface area contributed by atoms with Crippen LogP contribution >= 0.6 is 0 Å². The van der Waals surface area contributed by atoms with E-state index < -0.39 is 0 Å². The van der Waals surface area contributed by atoms with Crippen LogP contribution in [0, 0.1) is 0 Å². The molecule has 1 aliphatic rings. The molecule has 0 aliphatic carbocycles. The molecular weight excluding hydrogens is 340 g/mol. The van der Waals surface area contributed by atoms with Crippen LogP contribution in [-0.2, 0) is 29.0 Å². The van der Waals surface area contributed by atoms with Crippen LogP contribution in [0.2, 0.25) is 0 Å². The average Bonchev–Trinajstić information content (AvgIpc) is 2.73. The van der Waals surface area contributed by atoms with Crippen LogP contribution in [0.15, 0.2) is 48.5 Å². The minimum absolute atomic E-state index is 0.0284. The first kappa shape index (κ1) is 19.4. The van der Waals surface area contributed by atoms with E-state index in [1.165, 1.54) is 11.1 Å². The Morgan fingerprint density at radius 1 is 1.00 bits per heavy atom. The fourth-order valence-corrected chi connectivity index (χ4v) is 3.00. The van der Waals surface area contributed by atoms with Crippen LogP contribution < -0.4 is 10.1 Å². The zero-order valence-corrected chi connectivity index (χ0v) is 15.9. The number of hydrogen-bond acceptors (Lipinski definition) is 4. The molecule has 1 N–H and O–H groups in total. The quantitative estimate of drug-likeness (QED) is 0.778. The number of amides is 1. The second kappa shape index (κ2) is 10.1. The molecular formula is C22H28N2O3. The molecule has 0 radical (unpaired) electrons. The van der Waals surface area contributed by atoms with Crippen molar-refractivity contribution in [3.8, 4) is 5.75 Å². The lowest BCUT2D eigenvalue weighted by Gasteiger charge is -2.26. The van der Waals surface area contributed by atoms with Gasteiger partial charge in [-0.25, -0.2) is 0 Å². The Balaban J connectivity index is 1.38. The summed E-state index contributed by atoms with van der Waals surface area (Å²) in [4.78, 5) is 14.4. The molecule has 0 bridgehead atoms. The van der Waals surface area contributed by atoms with E-state index in [0.717, 1.165) is 50.6 Å². The van der Waals surface area contributed by atoms with Crippen molar-refractivity contribution in [3.05, 3.63) is 65.2 Å². The van der Waals surface area contributed by atoms with Gasteiger partial charge in [0.1, 0.15) is 5.75 Å². The minimum atomic E-state index is -0.119. The van der Waals surface area contributed by atoms with E-state index >= 15 is 0 Å². The Morgan fingerprint density at radius 2 is 1.63 bits per heavy atom. The summed E-state index contributed by atoms with van der Waals surface area (Å²) >= 11 is 0. The van der Waals surface area contributed by atoms with Gasteiger partial charge in [0, 0.05) is 26.2 Å². The maximum Gasteiger partial charge on any atom is 0.258 e. The Labute approximate surface area is 161 Å². The number of rotatable bonds is 8. The minimum Gasteiger partial charge on any atom is -0.484 e. The Bertz CT molecular complexity index is 707. The van der Waals surface area contributed by atoms with Crippen LogP contribution in [0.25, 0.3) is 0 Å². The van der Waals surface area contributed by atoms with Gasteiger partial charge in [-0.2, -0.15) is 0 Å². The number of benzene rings is 2. The number of nitrogens with one attached hydrogen (secondary N) is 1. The summed E-state index contributed by atoms with van der Waals surface area (Å²) in [6.45, 7) is 7.19. The molecule has 0 saturated carbocycles. The van der Waals surface area contributed by atoms with Gasteiger partial charge in [-0.1, -0.05) is 43.3 Å². The number of hydrogen-bond donors (Lipinski definition) is 1. The fraction of sp³-hybridized carbons (Fsp3) is 0.409. The van der Waals surface area contributed by atoms with Crippen molar-refractivity contribution < 1.29 is 14.3 Å². The molecule has 3 rings (SSSR count). The van der Waals surface area contributed by atoms with Gasteiger partial charge in [-0.15, -0.1) is 0 Å². The molecule has 1 saturated heterocycles. The second-order valence-corrected chi connectivity index (χ2v) is 6.77. The third-order valence-corrected chi connectivity index (χ3v) is 4.72. The SMILES string of the molecule is CCc1ccc(OCC(=O)NCc2ccc(CN3CCOCC3)cc2)cc1. The molecule has 1 amide bonds. The van der Waals surface area contributed by atoms with Gasteiger partial charge >= 0.3 is 0 Å². The Hall–Kier alpha value is -2.37. The molecule has 5 nitrogen and oxygen atoms in total. The number of carbonyl (C=O) groups excluding carboxylic acids is 1. The largest absolute Gasteiger partial charge is 0.484 e. The third kappa shape index (κ3) is 6.38. The third-order valence-electron chi connectivity index (χ3n) is 4.72. The van der Waals surface area contributed by atoms with E-state index in [1.807, 2.05) is 24.3 Å². The highest BCUT2D eigenvalue weighted by molar-refractivity contribution is 5.77. The monoisotopic (exact) mass is 368 g/mol. The van der Waals surface area contributed by atoms with Crippen molar-refractivity contribution in [1.82, 2.24) is 10.2 Å². The lowest BCUT2D eigenvalue weighted by atomic mass is 10.1. The van der Waals surface area contributed by atoms with Gasteiger partial charge < -0.3 is 14.8 Å². The van der Waals surface area contributed by atoms with E-state index in [0.29, 0.717) is 6.54 Å². The molecule has 144 valence electrons. The van der Waals surface area contributed by atoms with Crippen LogP contribution in [0.1, 0.15) is 23.6 Å². The van der Waals surface area contributed by atoms with Gasteiger partial charge in [-0.05, 0) is 35.2 Å². The second-order valence-electron chi connectivity index (χ2n) is 6.77. The molecule has 2 aromatic rings. The molecule has 0 unspecified atom stereocenters. The highest BCUT2D eigenvalue weighted by atomic mass is 16.5. The lowest BCUT2D eigenvalue weighted by molar-refractivity contribution is -0.123. The first-order chi connectivity index (χ1) is 13.2. The lowest BCUT2D eigenvalue weighted by Crippen LogP contribution is -2.35. The molecule has 0 aromatic heterocycles. The summed E-state index contributed by atoms with van der Waals surface area (Å²) in [7, 11) is 0. The van der Waals surface area contributed by atoms with Gasteiger partial charge in [0.25, 0.3) is 5.91 Å². The van der Waals surface area contributed by atoms with Gasteiger partial charge in [0.2, 0.25) is 0 Å². The van der Waals surface area contributed by atoms with Crippen molar-refractivity contribution in [3.63, 3.8) is 0 Å². The molecule has 1 heterocycles. The van der Waals surface area contributed by atoms with Gasteiger partial charge in [0.05, 0.1) is 13.2 Å². The standard InChI is InChI=1S/C22H28N2O3/c1-2-18-7-9-21(10-8-18)27-17-22(25)23-15-19-3-5-20(6-4-19)16-24-11-13-26-14-12-24/h3-10H,2,11-17H2,1H3,(H,23,25). The molecule has 5 heteroatoms. The average molecular weight is 368 g/mol. The van der Waals surface area contributed by atoms with Crippen molar-refractivity contribution >= 4 is 5.91 Å². The van der Waals surface area contributed by atoms with Crippen LogP contribution in [0.5, 0.6) is 5.75 Å². The van der Waals surface area contributed by atoms with Gasteiger partial charge in [-0.3, -0.25) is 9.69 Å². The summed E-state index contributed by atoms with van der Waals surface area (Å²) in [5.41, 5.74) is 3.62. The van der Waals surface area contributed by atoms with Crippen LogP contribution in [0.4, 0.5) is 0 Å². The van der Waals surface area contributed by atoms with E-state index in [-0.39, 0.29) is 12.5 Å². The van der Waals surface area contributed by atoms with Crippen molar-refractivity contribution in [1.29, 1.82) is 0 Å². The maximum absolute atomic E-state index is 12.0. The predicted octanol–water partition coefficient (Wildman–Crippen LogP) is 2.78. The van der Waals surface area contributed by atoms with E-state index in [4.69, 9.17) is 9.47 Å². The molecule has 1 fully saturated rings. The Kier molecular flexibility index (Phi) is 7.25. The van der Waals surface area contributed by atoms with E-state index in [2.05, 4.69) is 41.4 Å². The normalized spacial score (nSPS) is 14.7. The first-order valence-corrected chi connectivity index (χ1v) is 9.59. The number of nitrogens with zero attached hydrogens (tertiary/aromatic N) is 1. The number of aryl methyl sites for hydroxylation is 1. The molecule has 27 heavy (non-hydrogen) atoms. The predicted molar refractivity (Wildman–Crippen MR) is 106 cm³/mol. The summed E-state index contributed by atoms with van der Waals surface area (Å²) in [6, 6.07) is 16.2. The molecule has 0 atom stereocenters. The van der Waals surface area contributed by atoms with Crippen LogP contribution in [-0.4, -0.2) is 43.7 Å². The summed E-state index contributed by atoms with van der Waals surface area (Å²) in [5.74, 6) is 0.599. The number of ether oxygens (including phenoxy) is 2. The smallest absolute Gasteiger partial charge is 0.258 e.